The van der Waals surface area contributed by atoms with Crippen molar-refractivity contribution in [2.75, 3.05) is 18.9 Å². The van der Waals surface area contributed by atoms with Crippen molar-refractivity contribution < 1.29 is 27.5 Å². The highest BCUT2D eigenvalue weighted by Crippen LogP contribution is 2.36. The van der Waals surface area contributed by atoms with Crippen LogP contribution in [0.4, 0.5) is 19.0 Å². The van der Waals surface area contributed by atoms with Gasteiger partial charge in [-0.25, -0.2) is 4.98 Å². The third kappa shape index (κ3) is 7.18. The molecule has 40 heavy (non-hydrogen) atoms. The van der Waals surface area contributed by atoms with Crippen LogP contribution in [-0.4, -0.2) is 52.6 Å². The number of hydrogen-bond acceptors (Lipinski definition) is 5. The van der Waals surface area contributed by atoms with Crippen molar-refractivity contribution in [3.05, 3.63) is 89.6 Å². The van der Waals surface area contributed by atoms with Crippen molar-refractivity contribution in [3.63, 3.8) is 0 Å². The second-order valence-electron chi connectivity index (χ2n) is 10.9. The predicted molar refractivity (Wildman–Crippen MR) is 145 cm³/mol. The van der Waals surface area contributed by atoms with Gasteiger partial charge in [0.15, 0.2) is 0 Å². The number of hydrogen-bond donors (Lipinski definition) is 1. The maximum Gasteiger partial charge on any atom is 0.573 e. The second kappa shape index (κ2) is 11.7. The molecule has 0 aliphatic carbocycles. The van der Waals surface area contributed by atoms with Crippen molar-refractivity contribution in [3.8, 4) is 5.75 Å². The molecule has 212 valence electrons. The van der Waals surface area contributed by atoms with Crippen LogP contribution in [-0.2, 0) is 21.4 Å². The van der Waals surface area contributed by atoms with E-state index in [0.717, 1.165) is 16.7 Å². The molecular weight excluding hydrogens is 521 g/mol. The van der Waals surface area contributed by atoms with Crippen LogP contribution in [0.5, 0.6) is 5.75 Å². The number of carbonyl (C=O) groups excluding carboxylic acids is 2. The smallest absolute Gasteiger partial charge is 0.406 e. The number of benzene rings is 2. The van der Waals surface area contributed by atoms with Crippen molar-refractivity contribution in [1.29, 1.82) is 0 Å². The van der Waals surface area contributed by atoms with Crippen molar-refractivity contribution in [2.45, 2.75) is 57.6 Å². The van der Waals surface area contributed by atoms with E-state index in [0.29, 0.717) is 18.8 Å². The van der Waals surface area contributed by atoms with E-state index in [1.54, 1.807) is 41.4 Å². The number of alkyl halides is 3. The molecule has 0 spiro atoms. The van der Waals surface area contributed by atoms with E-state index in [1.165, 1.54) is 12.1 Å². The maximum absolute atomic E-state index is 13.7. The molecule has 1 aromatic heterocycles. The Hall–Kier alpha value is -3.92. The summed E-state index contributed by atoms with van der Waals surface area (Å²) in [5.41, 5.74) is 2.78. The van der Waals surface area contributed by atoms with Gasteiger partial charge >= 0.3 is 6.36 Å². The highest BCUT2D eigenvalue weighted by molar-refractivity contribution is 5.95. The van der Waals surface area contributed by atoms with Gasteiger partial charge in [-0.3, -0.25) is 14.5 Å². The summed E-state index contributed by atoms with van der Waals surface area (Å²) in [6.07, 6.45) is -3.25. The third-order valence-electron chi connectivity index (χ3n) is 6.93. The number of likely N-dealkylation sites (N-methyl/N-ethyl adjacent to an activating group) is 1. The lowest BCUT2D eigenvalue weighted by atomic mass is 9.86. The summed E-state index contributed by atoms with van der Waals surface area (Å²) in [6.45, 7) is 6.69. The third-order valence-corrected chi connectivity index (χ3v) is 6.93. The van der Waals surface area contributed by atoms with Gasteiger partial charge in [0.05, 0.1) is 12.5 Å². The van der Waals surface area contributed by atoms with Gasteiger partial charge < -0.3 is 15.0 Å². The zero-order chi connectivity index (χ0) is 29.1. The van der Waals surface area contributed by atoms with Gasteiger partial charge in [-0.05, 0) is 59.8 Å². The Morgan fingerprint density at radius 3 is 2.25 bits per heavy atom. The monoisotopic (exact) mass is 554 g/mol. The number of pyridine rings is 1. The van der Waals surface area contributed by atoms with Gasteiger partial charge in [-0.1, -0.05) is 63.2 Å². The number of amides is 2. The molecule has 0 saturated carbocycles. The average Bonchev–Trinajstić information content (AvgIpc) is 3.11. The number of nitrogens with one attached hydrogen (secondary N) is 1. The minimum absolute atomic E-state index is 0.0380. The van der Waals surface area contributed by atoms with E-state index in [1.807, 2.05) is 36.2 Å². The number of anilines is 1. The molecule has 2 aromatic carbocycles. The van der Waals surface area contributed by atoms with Crippen LogP contribution >= 0.6 is 0 Å². The number of nitrogens with zero attached hydrogens (tertiary/aromatic N) is 3. The van der Waals surface area contributed by atoms with Gasteiger partial charge in [0, 0.05) is 12.7 Å². The molecule has 1 N–H and O–H groups in total. The zero-order valence-corrected chi connectivity index (χ0v) is 22.9. The molecule has 10 heteroatoms. The Bertz CT molecular complexity index is 1310. The lowest BCUT2D eigenvalue weighted by Gasteiger charge is -2.30. The Balaban J connectivity index is 1.54. The molecule has 0 bridgehead atoms. The van der Waals surface area contributed by atoms with E-state index in [9.17, 15) is 22.8 Å². The molecule has 1 fully saturated rings. The van der Waals surface area contributed by atoms with E-state index >= 15 is 0 Å². The van der Waals surface area contributed by atoms with Gasteiger partial charge in [0.2, 0.25) is 11.8 Å². The SMILES string of the molecule is CN1[C@@H](CC(=O)Nc2ccccn2)C(=O)N(CCc2ccc(OC(F)(F)F)cc2)[C@@H]1c1ccc(C(C)(C)C)cc1. The van der Waals surface area contributed by atoms with E-state index in [-0.39, 0.29) is 29.4 Å². The Kier molecular flexibility index (Phi) is 8.48. The van der Waals surface area contributed by atoms with E-state index < -0.39 is 18.6 Å². The molecule has 1 saturated heterocycles. The van der Waals surface area contributed by atoms with Crippen LogP contribution in [0, 0.1) is 0 Å². The van der Waals surface area contributed by atoms with Crippen molar-refractivity contribution >= 4 is 17.6 Å². The van der Waals surface area contributed by atoms with Crippen LogP contribution in [0.15, 0.2) is 72.9 Å². The summed E-state index contributed by atoms with van der Waals surface area (Å²) in [6, 6.07) is 18.2. The van der Waals surface area contributed by atoms with Gasteiger partial charge in [0.1, 0.15) is 17.7 Å². The fourth-order valence-electron chi connectivity index (χ4n) is 4.82. The first-order chi connectivity index (χ1) is 18.8. The first-order valence-corrected chi connectivity index (χ1v) is 13.0. The number of halogens is 3. The molecule has 7 nitrogen and oxygen atoms in total. The standard InChI is InChI=1S/C30H33F3N4O3/c1-29(2,3)22-12-10-21(11-13-22)27-36(4)24(19-26(38)35-25-7-5-6-17-34-25)28(39)37(27)18-16-20-8-14-23(15-9-20)40-30(31,32)33/h5-15,17,24,27H,16,18-19H2,1-4H3,(H,34,35,38)/t24-,27+/m0/s1. The molecule has 2 amide bonds. The highest BCUT2D eigenvalue weighted by atomic mass is 19.4. The minimum Gasteiger partial charge on any atom is -0.406 e. The van der Waals surface area contributed by atoms with Gasteiger partial charge in [0.25, 0.3) is 0 Å². The Morgan fingerprint density at radius 1 is 1.00 bits per heavy atom. The largest absolute Gasteiger partial charge is 0.573 e. The normalized spacial score (nSPS) is 18.2. The van der Waals surface area contributed by atoms with Crippen LogP contribution in [0.3, 0.4) is 0 Å². The summed E-state index contributed by atoms with van der Waals surface area (Å²) >= 11 is 0. The molecule has 1 aliphatic heterocycles. The lowest BCUT2D eigenvalue weighted by Crippen LogP contribution is -2.35. The molecule has 2 heterocycles. The molecule has 1 aliphatic rings. The topological polar surface area (TPSA) is 74.8 Å². The summed E-state index contributed by atoms with van der Waals surface area (Å²) < 4.78 is 41.5. The quantitative estimate of drug-likeness (QED) is 0.387. The fourth-order valence-corrected chi connectivity index (χ4v) is 4.82. The van der Waals surface area contributed by atoms with Crippen LogP contribution in [0.2, 0.25) is 0 Å². The van der Waals surface area contributed by atoms with E-state index in [4.69, 9.17) is 0 Å². The van der Waals surface area contributed by atoms with Crippen molar-refractivity contribution in [1.82, 2.24) is 14.8 Å². The number of carbonyl (C=O) groups is 2. The summed E-state index contributed by atoms with van der Waals surface area (Å²) in [4.78, 5) is 34.3. The predicted octanol–water partition coefficient (Wildman–Crippen LogP) is 5.69. The molecule has 4 rings (SSSR count). The number of aromatic nitrogens is 1. The van der Waals surface area contributed by atoms with E-state index in [2.05, 4.69) is 35.8 Å². The van der Waals surface area contributed by atoms with Crippen LogP contribution in [0.25, 0.3) is 0 Å². The summed E-state index contributed by atoms with van der Waals surface area (Å²) in [7, 11) is 1.82. The highest BCUT2D eigenvalue weighted by Gasteiger charge is 2.45. The Labute approximate surface area is 232 Å². The van der Waals surface area contributed by atoms with Gasteiger partial charge in [-0.15, -0.1) is 13.2 Å². The van der Waals surface area contributed by atoms with Gasteiger partial charge in [-0.2, -0.15) is 0 Å². The Morgan fingerprint density at radius 2 is 1.68 bits per heavy atom. The van der Waals surface area contributed by atoms with Crippen LogP contribution < -0.4 is 10.1 Å². The zero-order valence-electron chi connectivity index (χ0n) is 22.9. The van der Waals surface area contributed by atoms with Crippen LogP contribution in [0.1, 0.15) is 50.0 Å². The maximum atomic E-state index is 13.7. The minimum atomic E-state index is -4.76. The van der Waals surface area contributed by atoms with Crippen molar-refractivity contribution in [2.24, 2.45) is 0 Å². The molecular formula is C30H33F3N4O3. The fraction of sp³-hybridized carbons (Fsp3) is 0.367. The molecule has 0 unspecified atom stereocenters. The second-order valence-corrected chi connectivity index (χ2v) is 10.9. The molecule has 3 aromatic rings. The summed E-state index contributed by atoms with van der Waals surface area (Å²) in [5.74, 6) is -0.415. The first kappa shape index (κ1) is 29.1. The summed E-state index contributed by atoms with van der Waals surface area (Å²) in [5, 5.41) is 2.74. The average molecular weight is 555 g/mol. The lowest BCUT2D eigenvalue weighted by molar-refractivity contribution is -0.274. The first-order valence-electron chi connectivity index (χ1n) is 13.0. The molecule has 2 atom stereocenters. The number of rotatable bonds is 8. The molecule has 0 radical (unpaired) electrons. The number of ether oxygens (including phenoxy) is 1.